The monoisotopic (exact) mass is 443 g/mol. The molecule has 9 nitrogen and oxygen atoms in total. The van der Waals surface area contributed by atoms with Crippen molar-refractivity contribution in [1.29, 1.82) is 0 Å². The molecule has 11 heteroatoms. The maximum Gasteiger partial charge on any atom is 0.331 e. The van der Waals surface area contributed by atoms with E-state index < -0.39 is 36.5 Å². The Balaban J connectivity index is 1.99. The van der Waals surface area contributed by atoms with Crippen molar-refractivity contribution in [3.8, 4) is 0 Å². The molecule has 0 bridgehead atoms. The lowest BCUT2D eigenvalue weighted by Crippen LogP contribution is -2.54. The highest BCUT2D eigenvalue weighted by atomic mass is 19.3. The van der Waals surface area contributed by atoms with Gasteiger partial charge >= 0.3 is 5.97 Å². The van der Waals surface area contributed by atoms with Gasteiger partial charge in [-0.1, -0.05) is 24.3 Å². The second-order valence-electron chi connectivity index (χ2n) is 7.10. The molecule has 1 aliphatic rings. The number of morpholine rings is 1. The lowest BCUT2D eigenvalue weighted by atomic mass is 10.0. The number of carbonyl (C=O) groups is 3. The molecule has 1 aliphatic heterocycles. The van der Waals surface area contributed by atoms with Gasteiger partial charge in [-0.25, -0.2) is 13.6 Å². The highest BCUT2D eigenvalue weighted by Gasteiger charge is 2.32. The van der Waals surface area contributed by atoms with Crippen LogP contribution in [0.4, 0.5) is 8.78 Å². The predicted molar refractivity (Wildman–Crippen MR) is 105 cm³/mol. The third-order valence-electron chi connectivity index (χ3n) is 4.84. The van der Waals surface area contributed by atoms with E-state index in [1.807, 2.05) is 4.90 Å². The molecule has 1 aromatic rings. The number of esters is 1. The normalized spacial score (nSPS) is 17.5. The fourth-order valence-corrected chi connectivity index (χ4v) is 3.02. The van der Waals surface area contributed by atoms with E-state index in [1.165, 1.54) is 19.1 Å². The smallest absolute Gasteiger partial charge is 0.331 e. The quantitative estimate of drug-likeness (QED) is 0.465. The fourth-order valence-electron chi connectivity index (χ4n) is 3.02. The van der Waals surface area contributed by atoms with E-state index in [0.717, 1.165) is 19.2 Å². The minimum absolute atomic E-state index is 0.0977. The van der Waals surface area contributed by atoms with Gasteiger partial charge in [0.15, 0.2) is 6.04 Å². The molecule has 0 aliphatic carbocycles. The number of carbonyl (C=O) groups excluding carboxylic acids is 3. The first-order chi connectivity index (χ1) is 14.7. The zero-order valence-corrected chi connectivity index (χ0v) is 17.3. The summed E-state index contributed by atoms with van der Waals surface area (Å²) in [4.78, 5) is 38.7. The predicted octanol–water partition coefficient (Wildman–Crippen LogP) is 0.152. The first-order valence-electron chi connectivity index (χ1n) is 9.76. The van der Waals surface area contributed by atoms with Gasteiger partial charge in [0.25, 0.3) is 6.43 Å². The maximum atomic E-state index is 12.7. The number of ether oxygens (including phenoxy) is 2. The van der Waals surface area contributed by atoms with Crippen molar-refractivity contribution >= 4 is 17.8 Å². The highest BCUT2D eigenvalue weighted by molar-refractivity contribution is 5.91. The standard InChI is InChI=1S/C20H27F2N3O6/c1-12(23-15(26)11-25-7-9-31-10-8-25)19(28)24-16(20(29)30-2)17(27)13-3-5-14(6-4-13)18(21)22/h3-6,12,16-18,27H,7-11H2,1-2H3,(H,23,26)(H,24,28)/t12-,16-,17+/m0/s1. The minimum Gasteiger partial charge on any atom is -0.467 e. The minimum atomic E-state index is -2.68. The maximum absolute atomic E-state index is 12.7. The average molecular weight is 443 g/mol. The number of amides is 2. The van der Waals surface area contributed by atoms with Gasteiger partial charge < -0.3 is 25.2 Å². The Kier molecular flexibility index (Phi) is 9.28. The van der Waals surface area contributed by atoms with E-state index in [9.17, 15) is 28.3 Å². The van der Waals surface area contributed by atoms with Crippen molar-refractivity contribution in [2.24, 2.45) is 0 Å². The number of aliphatic hydroxyl groups excluding tert-OH is 1. The van der Waals surface area contributed by atoms with Crippen LogP contribution in [0.15, 0.2) is 24.3 Å². The summed E-state index contributed by atoms with van der Waals surface area (Å²) in [7, 11) is 1.08. The van der Waals surface area contributed by atoms with Crippen molar-refractivity contribution < 1.29 is 37.7 Å². The third-order valence-corrected chi connectivity index (χ3v) is 4.84. The summed E-state index contributed by atoms with van der Waals surface area (Å²) in [5.74, 6) is -2.01. The van der Waals surface area contributed by atoms with E-state index in [2.05, 4.69) is 15.4 Å². The molecule has 0 aromatic heterocycles. The number of aliphatic hydroxyl groups is 1. The summed E-state index contributed by atoms with van der Waals surface area (Å²) in [5.41, 5.74) is -0.102. The molecule has 1 fully saturated rings. The third kappa shape index (κ3) is 7.23. The fraction of sp³-hybridized carbons (Fsp3) is 0.550. The molecule has 1 saturated heterocycles. The number of hydrogen-bond acceptors (Lipinski definition) is 7. The second-order valence-corrected chi connectivity index (χ2v) is 7.10. The number of halogens is 2. The number of benzene rings is 1. The summed E-state index contributed by atoms with van der Waals surface area (Å²) >= 11 is 0. The number of rotatable bonds is 9. The van der Waals surface area contributed by atoms with Crippen LogP contribution in [0.5, 0.6) is 0 Å². The van der Waals surface area contributed by atoms with Crippen LogP contribution in [-0.2, 0) is 23.9 Å². The van der Waals surface area contributed by atoms with E-state index in [-0.39, 0.29) is 23.6 Å². The van der Waals surface area contributed by atoms with Gasteiger partial charge in [-0.2, -0.15) is 0 Å². The summed E-state index contributed by atoms with van der Waals surface area (Å²) in [5, 5.41) is 15.4. The van der Waals surface area contributed by atoms with Gasteiger partial charge in [0.05, 0.1) is 26.9 Å². The Morgan fingerprint density at radius 3 is 2.26 bits per heavy atom. The highest BCUT2D eigenvalue weighted by Crippen LogP contribution is 2.23. The van der Waals surface area contributed by atoms with Crippen molar-refractivity contribution in [2.75, 3.05) is 40.0 Å². The molecular formula is C20H27F2N3O6. The van der Waals surface area contributed by atoms with E-state index in [0.29, 0.717) is 26.3 Å². The van der Waals surface area contributed by atoms with Crippen molar-refractivity contribution in [3.05, 3.63) is 35.4 Å². The van der Waals surface area contributed by atoms with Gasteiger partial charge in [0.2, 0.25) is 11.8 Å². The van der Waals surface area contributed by atoms with Gasteiger partial charge in [-0.15, -0.1) is 0 Å². The molecule has 2 amide bonds. The van der Waals surface area contributed by atoms with Crippen LogP contribution in [0.3, 0.4) is 0 Å². The summed E-state index contributed by atoms with van der Waals surface area (Å²) in [6.07, 6.45) is -4.22. The largest absolute Gasteiger partial charge is 0.467 e. The Morgan fingerprint density at radius 2 is 1.71 bits per heavy atom. The molecule has 1 heterocycles. The molecule has 0 radical (unpaired) electrons. The molecule has 172 valence electrons. The number of nitrogens with zero attached hydrogens (tertiary/aromatic N) is 1. The molecule has 0 spiro atoms. The Hall–Kier alpha value is -2.63. The molecule has 0 saturated carbocycles. The van der Waals surface area contributed by atoms with E-state index >= 15 is 0 Å². The molecule has 3 atom stereocenters. The second kappa shape index (κ2) is 11.7. The van der Waals surface area contributed by atoms with Gasteiger partial charge in [0.1, 0.15) is 12.1 Å². The van der Waals surface area contributed by atoms with Crippen LogP contribution in [0.2, 0.25) is 0 Å². The topological polar surface area (TPSA) is 117 Å². The molecular weight excluding hydrogens is 416 g/mol. The Bertz CT molecular complexity index is 756. The van der Waals surface area contributed by atoms with E-state index in [1.54, 1.807) is 0 Å². The zero-order chi connectivity index (χ0) is 23.0. The summed E-state index contributed by atoms with van der Waals surface area (Å²) < 4.78 is 35.3. The van der Waals surface area contributed by atoms with Crippen LogP contribution < -0.4 is 10.6 Å². The summed E-state index contributed by atoms with van der Waals surface area (Å²) in [6.45, 7) is 3.80. The zero-order valence-electron chi connectivity index (χ0n) is 17.3. The summed E-state index contributed by atoms with van der Waals surface area (Å²) in [6, 6.07) is 2.23. The lowest BCUT2D eigenvalue weighted by molar-refractivity contribution is -0.148. The van der Waals surface area contributed by atoms with Crippen molar-refractivity contribution in [3.63, 3.8) is 0 Å². The molecule has 3 N–H and O–H groups in total. The Morgan fingerprint density at radius 1 is 1.13 bits per heavy atom. The van der Waals surface area contributed by atoms with Gasteiger partial charge in [-0.05, 0) is 12.5 Å². The van der Waals surface area contributed by atoms with Crippen LogP contribution in [0.1, 0.15) is 30.6 Å². The van der Waals surface area contributed by atoms with Crippen LogP contribution in [-0.4, -0.2) is 79.8 Å². The van der Waals surface area contributed by atoms with Crippen LogP contribution in [0.25, 0.3) is 0 Å². The Labute approximate surface area is 178 Å². The SMILES string of the molecule is COC(=O)[C@@H](NC(=O)[C@H](C)NC(=O)CN1CCOCC1)[C@H](O)c1ccc(C(F)F)cc1. The number of nitrogens with one attached hydrogen (secondary N) is 2. The molecule has 2 rings (SSSR count). The van der Waals surface area contributed by atoms with Crippen molar-refractivity contribution in [1.82, 2.24) is 15.5 Å². The van der Waals surface area contributed by atoms with Crippen molar-refractivity contribution in [2.45, 2.75) is 31.5 Å². The van der Waals surface area contributed by atoms with Crippen LogP contribution >= 0.6 is 0 Å². The number of hydrogen-bond donors (Lipinski definition) is 3. The molecule has 0 unspecified atom stereocenters. The molecule has 31 heavy (non-hydrogen) atoms. The first kappa shape index (κ1) is 24.6. The number of alkyl halides is 2. The first-order valence-corrected chi connectivity index (χ1v) is 9.76. The van der Waals surface area contributed by atoms with E-state index in [4.69, 9.17) is 4.74 Å². The van der Waals surface area contributed by atoms with Gasteiger partial charge in [-0.3, -0.25) is 14.5 Å². The lowest BCUT2D eigenvalue weighted by Gasteiger charge is -2.27. The number of methoxy groups -OCH3 is 1. The van der Waals surface area contributed by atoms with Crippen LogP contribution in [0, 0.1) is 0 Å². The average Bonchev–Trinajstić information content (AvgIpc) is 2.76. The molecule has 1 aromatic carbocycles. The van der Waals surface area contributed by atoms with Gasteiger partial charge in [0, 0.05) is 18.7 Å².